The van der Waals surface area contributed by atoms with Crippen molar-refractivity contribution in [2.24, 2.45) is 0 Å². The highest BCUT2D eigenvalue weighted by molar-refractivity contribution is 5.95. The van der Waals surface area contributed by atoms with Gasteiger partial charge in [0.25, 0.3) is 11.6 Å². The Hall–Kier alpha value is -1.95. The summed E-state index contributed by atoms with van der Waals surface area (Å²) in [6, 6.07) is 4.04. The van der Waals surface area contributed by atoms with Crippen molar-refractivity contribution in [2.75, 3.05) is 0 Å². The van der Waals surface area contributed by atoms with Gasteiger partial charge in [0.15, 0.2) is 0 Å². The highest BCUT2D eigenvalue weighted by atomic mass is 16.6. The molecular weight excluding hydrogens is 272 g/mol. The fourth-order valence-electron chi connectivity index (χ4n) is 2.71. The van der Waals surface area contributed by atoms with E-state index < -0.39 is 11.0 Å². The number of carbonyl (C=O) groups excluding carboxylic acids is 1. The quantitative estimate of drug-likeness (QED) is 0.508. The second-order valence-electron chi connectivity index (χ2n) is 5.60. The molecule has 1 amide bonds. The molecule has 114 valence electrons. The van der Waals surface area contributed by atoms with Gasteiger partial charge in [-0.05, 0) is 31.4 Å². The average Bonchev–Trinajstić information content (AvgIpc) is 2.63. The van der Waals surface area contributed by atoms with Crippen LogP contribution < -0.4 is 5.32 Å². The summed E-state index contributed by atoms with van der Waals surface area (Å²) in [5.41, 5.74) is 0.829. The van der Waals surface area contributed by atoms with Crippen molar-refractivity contribution in [3.8, 4) is 0 Å². The van der Waals surface area contributed by atoms with Crippen molar-refractivity contribution in [1.29, 1.82) is 0 Å². The first-order valence-corrected chi connectivity index (χ1v) is 7.22. The Morgan fingerprint density at radius 1 is 1.29 bits per heavy atom. The number of rotatable bonds is 3. The molecule has 0 bridgehead atoms. The van der Waals surface area contributed by atoms with E-state index in [1.807, 2.05) is 0 Å². The third-order valence-corrected chi connectivity index (χ3v) is 3.83. The molecule has 0 aliphatic heterocycles. The van der Waals surface area contributed by atoms with Crippen molar-refractivity contribution in [1.82, 2.24) is 5.32 Å². The third-order valence-electron chi connectivity index (χ3n) is 3.83. The summed E-state index contributed by atoms with van der Waals surface area (Å²) < 4.78 is 0. The Labute approximate surface area is 123 Å². The highest BCUT2D eigenvalue weighted by Crippen LogP contribution is 2.20. The molecule has 1 aromatic rings. The smallest absolute Gasteiger partial charge is 0.270 e. The molecule has 1 saturated carbocycles. The normalized spacial score (nSPS) is 22.4. The predicted octanol–water partition coefficient (Wildman–Crippen LogP) is 2.33. The molecule has 0 spiro atoms. The molecule has 2 atom stereocenters. The molecule has 2 N–H and O–H groups in total. The number of hydrogen-bond donors (Lipinski definition) is 2. The fourth-order valence-corrected chi connectivity index (χ4v) is 2.71. The van der Waals surface area contributed by atoms with Gasteiger partial charge >= 0.3 is 0 Å². The van der Waals surface area contributed by atoms with E-state index >= 15 is 0 Å². The number of hydrogen-bond acceptors (Lipinski definition) is 4. The van der Waals surface area contributed by atoms with Gasteiger partial charge < -0.3 is 10.4 Å². The lowest BCUT2D eigenvalue weighted by Crippen LogP contribution is -2.42. The molecule has 6 nitrogen and oxygen atoms in total. The van der Waals surface area contributed by atoms with E-state index in [1.54, 1.807) is 13.0 Å². The van der Waals surface area contributed by atoms with E-state index in [-0.39, 0.29) is 23.2 Å². The number of aryl methyl sites for hydroxylation is 1. The van der Waals surface area contributed by atoms with Gasteiger partial charge in [-0.2, -0.15) is 0 Å². The maximum absolute atomic E-state index is 12.3. The molecular formula is C15H20N2O4. The number of nitrogens with one attached hydrogen (secondary N) is 1. The maximum atomic E-state index is 12.3. The number of non-ortho nitro benzene ring substituents is 1. The van der Waals surface area contributed by atoms with E-state index in [4.69, 9.17) is 0 Å². The summed E-state index contributed by atoms with van der Waals surface area (Å²) in [5, 5.41) is 23.7. The summed E-state index contributed by atoms with van der Waals surface area (Å²) in [7, 11) is 0. The van der Waals surface area contributed by atoms with Gasteiger partial charge in [-0.1, -0.05) is 19.3 Å². The van der Waals surface area contributed by atoms with Gasteiger partial charge in [-0.25, -0.2) is 0 Å². The molecule has 0 aromatic heterocycles. The van der Waals surface area contributed by atoms with Crippen LogP contribution in [-0.2, 0) is 0 Å². The summed E-state index contributed by atoms with van der Waals surface area (Å²) in [4.78, 5) is 22.6. The summed E-state index contributed by atoms with van der Waals surface area (Å²) >= 11 is 0. The number of carbonyl (C=O) groups is 1. The van der Waals surface area contributed by atoms with Crippen LogP contribution in [0.4, 0.5) is 5.69 Å². The minimum atomic E-state index is -0.545. The highest BCUT2D eigenvalue weighted by Gasteiger charge is 2.24. The van der Waals surface area contributed by atoms with Crippen molar-refractivity contribution < 1.29 is 14.8 Å². The first kappa shape index (κ1) is 15.4. The van der Waals surface area contributed by atoms with Crippen LogP contribution >= 0.6 is 0 Å². The predicted molar refractivity (Wildman–Crippen MR) is 78.2 cm³/mol. The molecule has 1 fully saturated rings. The molecule has 2 rings (SSSR count). The van der Waals surface area contributed by atoms with Gasteiger partial charge in [0.1, 0.15) is 0 Å². The maximum Gasteiger partial charge on any atom is 0.270 e. The first-order valence-electron chi connectivity index (χ1n) is 7.22. The number of nitro benzene ring substituents is 1. The van der Waals surface area contributed by atoms with Gasteiger partial charge in [0.2, 0.25) is 0 Å². The zero-order valence-electron chi connectivity index (χ0n) is 12.0. The zero-order valence-corrected chi connectivity index (χ0v) is 12.0. The average molecular weight is 292 g/mol. The Bertz CT molecular complexity index is 544. The molecule has 0 radical (unpaired) electrons. The fraction of sp³-hybridized carbons (Fsp3) is 0.533. The monoisotopic (exact) mass is 292 g/mol. The van der Waals surface area contributed by atoms with Gasteiger partial charge in [0.05, 0.1) is 17.1 Å². The molecule has 21 heavy (non-hydrogen) atoms. The third kappa shape index (κ3) is 4.01. The van der Waals surface area contributed by atoms with Crippen LogP contribution in [-0.4, -0.2) is 28.1 Å². The van der Waals surface area contributed by atoms with Crippen molar-refractivity contribution in [2.45, 2.75) is 51.2 Å². The zero-order chi connectivity index (χ0) is 15.4. The Morgan fingerprint density at radius 2 is 2.00 bits per heavy atom. The van der Waals surface area contributed by atoms with E-state index in [1.165, 1.54) is 12.1 Å². The standard InChI is InChI=1S/C15H20N2O4/c1-10-7-11(9-12(8-10)17(20)21)15(19)16-13-5-3-2-4-6-14(13)18/h7-9,13-14,18H,2-6H2,1H3,(H,16,19). The molecule has 2 unspecified atom stereocenters. The van der Waals surface area contributed by atoms with Crippen molar-refractivity contribution in [3.63, 3.8) is 0 Å². The molecule has 1 aliphatic carbocycles. The Morgan fingerprint density at radius 3 is 2.71 bits per heavy atom. The van der Waals surface area contributed by atoms with Crippen LogP contribution in [0, 0.1) is 17.0 Å². The number of aliphatic hydroxyl groups excluding tert-OH is 1. The van der Waals surface area contributed by atoms with Crippen molar-refractivity contribution >= 4 is 11.6 Å². The lowest BCUT2D eigenvalue weighted by Gasteiger charge is -2.21. The van der Waals surface area contributed by atoms with Gasteiger partial charge in [-0.15, -0.1) is 0 Å². The van der Waals surface area contributed by atoms with E-state index in [0.29, 0.717) is 12.0 Å². The lowest BCUT2D eigenvalue weighted by atomic mass is 10.0. The molecule has 1 aliphatic rings. The second-order valence-corrected chi connectivity index (χ2v) is 5.60. The Balaban J connectivity index is 2.14. The van der Waals surface area contributed by atoms with Crippen LogP contribution in [0.3, 0.4) is 0 Å². The van der Waals surface area contributed by atoms with E-state index in [0.717, 1.165) is 25.7 Å². The van der Waals surface area contributed by atoms with Crippen molar-refractivity contribution in [3.05, 3.63) is 39.4 Å². The van der Waals surface area contributed by atoms with Crippen LogP contribution in [0.2, 0.25) is 0 Å². The lowest BCUT2D eigenvalue weighted by molar-refractivity contribution is -0.384. The largest absolute Gasteiger partial charge is 0.391 e. The van der Waals surface area contributed by atoms with E-state index in [9.17, 15) is 20.0 Å². The first-order chi connectivity index (χ1) is 9.97. The number of nitro groups is 1. The van der Waals surface area contributed by atoms with Gasteiger partial charge in [0, 0.05) is 17.7 Å². The number of amides is 1. The molecule has 6 heteroatoms. The molecule has 1 aromatic carbocycles. The molecule has 0 heterocycles. The SMILES string of the molecule is Cc1cc(C(=O)NC2CCCCCC2O)cc([N+](=O)[O-])c1. The number of benzene rings is 1. The second kappa shape index (κ2) is 6.67. The van der Waals surface area contributed by atoms with Gasteiger partial charge in [-0.3, -0.25) is 14.9 Å². The summed E-state index contributed by atoms with van der Waals surface area (Å²) in [5.74, 6) is -0.368. The number of aliphatic hydroxyl groups is 1. The summed E-state index contributed by atoms with van der Waals surface area (Å²) in [6.45, 7) is 1.71. The number of nitrogens with zero attached hydrogens (tertiary/aromatic N) is 1. The van der Waals surface area contributed by atoms with Crippen LogP contribution in [0.5, 0.6) is 0 Å². The summed E-state index contributed by atoms with van der Waals surface area (Å²) in [6.07, 6.45) is 3.86. The Kier molecular flexibility index (Phi) is 4.90. The molecule has 0 saturated heterocycles. The van der Waals surface area contributed by atoms with E-state index in [2.05, 4.69) is 5.32 Å². The minimum Gasteiger partial charge on any atom is -0.391 e. The topological polar surface area (TPSA) is 92.5 Å². The minimum absolute atomic E-state index is 0.0958. The van der Waals surface area contributed by atoms with Crippen LogP contribution in [0.1, 0.15) is 48.0 Å². The van der Waals surface area contributed by atoms with Crippen LogP contribution in [0.25, 0.3) is 0 Å². The van der Waals surface area contributed by atoms with Crippen LogP contribution in [0.15, 0.2) is 18.2 Å².